The molecule has 0 fully saturated rings. The normalized spacial score (nSPS) is 14.5. The van der Waals surface area contributed by atoms with Crippen LogP contribution in [0.2, 0.25) is 0 Å². The maximum absolute atomic E-state index is 11.4. The van der Waals surface area contributed by atoms with Gasteiger partial charge >= 0.3 is 0 Å². The van der Waals surface area contributed by atoms with E-state index in [0.717, 1.165) is 36.3 Å². The van der Waals surface area contributed by atoms with E-state index < -0.39 is 9.84 Å². The Balaban J connectivity index is 1.97. The van der Waals surface area contributed by atoms with E-state index >= 15 is 0 Å². The monoisotopic (exact) mass is 276 g/mol. The van der Waals surface area contributed by atoms with Gasteiger partial charge in [-0.3, -0.25) is 0 Å². The molecular weight excluding hydrogens is 264 g/mol. The van der Waals surface area contributed by atoms with E-state index in [0.29, 0.717) is 0 Å². The zero-order chi connectivity index (χ0) is 13.5. The first kappa shape index (κ1) is 12.0. The van der Waals surface area contributed by atoms with Gasteiger partial charge in [-0.25, -0.2) is 23.4 Å². The van der Waals surface area contributed by atoms with Crippen LogP contribution in [-0.2, 0) is 16.3 Å². The fraction of sp³-hybridized carbons (Fsp3) is 0.250. The summed E-state index contributed by atoms with van der Waals surface area (Å²) in [7, 11) is -3.26. The molecule has 0 aromatic carbocycles. The Hall–Kier alpha value is -2.02. The van der Waals surface area contributed by atoms with Crippen molar-refractivity contribution < 1.29 is 8.42 Å². The first-order valence-corrected chi connectivity index (χ1v) is 7.67. The van der Waals surface area contributed by atoms with E-state index in [4.69, 9.17) is 0 Å². The van der Waals surface area contributed by atoms with Crippen molar-refractivity contribution in [2.45, 2.75) is 11.4 Å². The standard InChI is InChI=1S/C12H12N4O2S/c1-19(17,18)11-3-2-10(7-14-11)16-5-4-9-6-13-8-15-12(9)16/h2-3,6-8H,4-5H2,1H3. The van der Waals surface area contributed by atoms with Crippen LogP contribution < -0.4 is 4.90 Å². The van der Waals surface area contributed by atoms with Gasteiger partial charge in [0, 0.05) is 24.6 Å². The summed E-state index contributed by atoms with van der Waals surface area (Å²) in [5.41, 5.74) is 1.93. The zero-order valence-corrected chi connectivity index (χ0v) is 11.1. The Morgan fingerprint density at radius 1 is 1.21 bits per heavy atom. The van der Waals surface area contributed by atoms with Crippen molar-refractivity contribution in [3.05, 3.63) is 36.4 Å². The summed E-state index contributed by atoms with van der Waals surface area (Å²) in [6.07, 6.45) is 6.90. The summed E-state index contributed by atoms with van der Waals surface area (Å²) in [6.45, 7) is 0.800. The first-order valence-electron chi connectivity index (χ1n) is 5.78. The van der Waals surface area contributed by atoms with Gasteiger partial charge in [-0.05, 0) is 18.6 Å². The van der Waals surface area contributed by atoms with Crippen molar-refractivity contribution in [2.75, 3.05) is 17.7 Å². The van der Waals surface area contributed by atoms with Crippen LogP contribution in [0, 0.1) is 0 Å². The Kier molecular flexibility index (Phi) is 2.70. The van der Waals surface area contributed by atoms with Crippen LogP contribution in [-0.4, -0.2) is 36.2 Å². The molecule has 6 nitrogen and oxygen atoms in total. The van der Waals surface area contributed by atoms with Crippen molar-refractivity contribution in [3.8, 4) is 0 Å². The molecule has 19 heavy (non-hydrogen) atoms. The molecule has 0 aliphatic carbocycles. The van der Waals surface area contributed by atoms with E-state index in [1.807, 2.05) is 4.90 Å². The lowest BCUT2D eigenvalue weighted by atomic mass is 10.3. The van der Waals surface area contributed by atoms with E-state index in [1.165, 1.54) is 12.4 Å². The molecule has 0 spiro atoms. The molecule has 1 aliphatic heterocycles. The SMILES string of the molecule is CS(=O)(=O)c1ccc(N2CCc3cncnc32)cn1. The maximum Gasteiger partial charge on any atom is 0.192 e. The number of aromatic nitrogens is 3. The van der Waals surface area contributed by atoms with E-state index in [1.54, 1.807) is 18.5 Å². The first-order chi connectivity index (χ1) is 9.05. The third-order valence-corrected chi connectivity index (χ3v) is 4.04. The molecular formula is C12H12N4O2S. The lowest BCUT2D eigenvalue weighted by molar-refractivity contribution is 0.598. The van der Waals surface area contributed by atoms with E-state index in [-0.39, 0.29) is 5.03 Å². The summed E-state index contributed by atoms with van der Waals surface area (Å²) in [4.78, 5) is 14.3. The fourth-order valence-electron chi connectivity index (χ4n) is 2.11. The highest BCUT2D eigenvalue weighted by molar-refractivity contribution is 7.90. The van der Waals surface area contributed by atoms with Crippen LogP contribution >= 0.6 is 0 Å². The van der Waals surface area contributed by atoms with Gasteiger partial charge in [0.15, 0.2) is 14.9 Å². The van der Waals surface area contributed by atoms with E-state index in [2.05, 4.69) is 15.0 Å². The molecule has 0 saturated heterocycles. The summed E-state index contributed by atoms with van der Waals surface area (Å²) in [5.74, 6) is 0.865. The summed E-state index contributed by atoms with van der Waals surface area (Å²) >= 11 is 0. The minimum Gasteiger partial charge on any atom is -0.324 e. The minimum atomic E-state index is -3.26. The predicted molar refractivity (Wildman–Crippen MR) is 70.1 cm³/mol. The second-order valence-corrected chi connectivity index (χ2v) is 6.36. The average molecular weight is 276 g/mol. The quantitative estimate of drug-likeness (QED) is 0.813. The Bertz CT molecular complexity index is 713. The van der Waals surface area contributed by atoms with Crippen LogP contribution in [0.1, 0.15) is 5.56 Å². The smallest absolute Gasteiger partial charge is 0.192 e. The molecule has 0 unspecified atom stereocenters. The maximum atomic E-state index is 11.4. The Morgan fingerprint density at radius 2 is 2.05 bits per heavy atom. The van der Waals surface area contributed by atoms with Crippen LogP contribution in [0.4, 0.5) is 11.5 Å². The van der Waals surface area contributed by atoms with Crippen LogP contribution in [0.5, 0.6) is 0 Å². The molecule has 0 saturated carbocycles. The third kappa shape index (κ3) is 2.17. The van der Waals surface area contributed by atoms with E-state index in [9.17, 15) is 8.42 Å². The number of anilines is 2. The van der Waals surface area contributed by atoms with Gasteiger partial charge in [-0.1, -0.05) is 0 Å². The number of fused-ring (bicyclic) bond motifs is 1. The van der Waals surface area contributed by atoms with Crippen molar-refractivity contribution in [1.82, 2.24) is 15.0 Å². The van der Waals surface area contributed by atoms with Gasteiger partial charge in [-0.15, -0.1) is 0 Å². The van der Waals surface area contributed by atoms with Gasteiger partial charge in [0.2, 0.25) is 0 Å². The lowest BCUT2D eigenvalue weighted by Crippen LogP contribution is -2.15. The number of pyridine rings is 1. The highest BCUT2D eigenvalue weighted by Crippen LogP contribution is 2.31. The lowest BCUT2D eigenvalue weighted by Gasteiger charge is -2.17. The largest absolute Gasteiger partial charge is 0.324 e. The van der Waals surface area contributed by atoms with Crippen molar-refractivity contribution in [1.29, 1.82) is 0 Å². The fourth-order valence-corrected chi connectivity index (χ4v) is 2.67. The summed E-state index contributed by atoms with van der Waals surface area (Å²) in [5, 5.41) is 0.0818. The van der Waals surface area contributed by atoms with Crippen molar-refractivity contribution in [2.24, 2.45) is 0 Å². The predicted octanol–water partition coefficient (Wildman–Crippen LogP) is 0.969. The molecule has 0 N–H and O–H groups in total. The molecule has 0 radical (unpaired) electrons. The molecule has 1 aliphatic rings. The molecule has 2 aromatic rings. The van der Waals surface area contributed by atoms with Crippen LogP contribution in [0.25, 0.3) is 0 Å². The topological polar surface area (TPSA) is 76.1 Å². The number of hydrogen-bond acceptors (Lipinski definition) is 6. The van der Waals surface area contributed by atoms with Crippen molar-refractivity contribution >= 4 is 21.3 Å². The van der Waals surface area contributed by atoms with Crippen molar-refractivity contribution in [3.63, 3.8) is 0 Å². The second-order valence-electron chi connectivity index (χ2n) is 4.40. The van der Waals surface area contributed by atoms with Gasteiger partial charge < -0.3 is 4.90 Å². The number of hydrogen-bond donors (Lipinski definition) is 0. The summed E-state index contributed by atoms with van der Waals surface area (Å²) < 4.78 is 22.7. The minimum absolute atomic E-state index is 0.0818. The highest BCUT2D eigenvalue weighted by atomic mass is 32.2. The average Bonchev–Trinajstić information content (AvgIpc) is 2.82. The second kappa shape index (κ2) is 4.27. The third-order valence-electron chi connectivity index (χ3n) is 3.04. The molecule has 98 valence electrons. The van der Waals surface area contributed by atoms with Gasteiger partial charge in [0.1, 0.15) is 12.1 Å². The molecule has 0 atom stereocenters. The molecule has 7 heteroatoms. The van der Waals surface area contributed by atoms with Gasteiger partial charge in [0.05, 0.1) is 11.9 Å². The molecule has 3 heterocycles. The van der Waals surface area contributed by atoms with Gasteiger partial charge in [-0.2, -0.15) is 0 Å². The van der Waals surface area contributed by atoms with Crippen LogP contribution in [0.15, 0.2) is 35.9 Å². The Morgan fingerprint density at radius 3 is 2.74 bits per heavy atom. The molecule has 3 rings (SSSR count). The molecule has 0 amide bonds. The number of sulfone groups is 1. The van der Waals surface area contributed by atoms with Gasteiger partial charge in [0.25, 0.3) is 0 Å². The number of rotatable bonds is 2. The summed E-state index contributed by atoms with van der Waals surface area (Å²) in [6, 6.07) is 3.27. The molecule has 2 aromatic heterocycles. The zero-order valence-electron chi connectivity index (χ0n) is 10.3. The van der Waals surface area contributed by atoms with Crippen LogP contribution in [0.3, 0.4) is 0 Å². The number of nitrogens with zero attached hydrogens (tertiary/aromatic N) is 4. The highest BCUT2D eigenvalue weighted by Gasteiger charge is 2.22. The molecule has 0 bridgehead atoms. The Labute approximate surface area is 111 Å².